The number of hydrogen-bond donors (Lipinski definition) is 1. The second kappa shape index (κ2) is 5.91. The summed E-state index contributed by atoms with van der Waals surface area (Å²) in [4.78, 5) is 8.91. The predicted molar refractivity (Wildman–Crippen MR) is 83.8 cm³/mol. The fraction of sp³-hybridized carbons (Fsp3) is 0.500. The average Bonchev–Trinajstić information content (AvgIpc) is 2.60. The minimum Gasteiger partial charge on any atom is -0.366 e. The lowest BCUT2D eigenvalue weighted by Gasteiger charge is -2.10. The molecule has 0 radical (unpaired) electrons. The summed E-state index contributed by atoms with van der Waals surface area (Å²) < 4.78 is 2.71. The number of nitrogens with one attached hydrogen (secondary N) is 1. The second-order valence-electron chi connectivity index (χ2n) is 5.22. The van der Waals surface area contributed by atoms with E-state index in [0.29, 0.717) is 12.5 Å². The van der Waals surface area contributed by atoms with Crippen LogP contribution in [-0.2, 0) is 13.6 Å². The van der Waals surface area contributed by atoms with Crippen LogP contribution in [0.25, 0.3) is 0 Å². The summed E-state index contributed by atoms with van der Waals surface area (Å²) in [5.41, 5.74) is 3.44. The molecule has 2 aromatic rings. The van der Waals surface area contributed by atoms with E-state index >= 15 is 0 Å². The van der Waals surface area contributed by atoms with Crippen LogP contribution < -0.4 is 5.32 Å². The molecule has 0 aliphatic heterocycles. The van der Waals surface area contributed by atoms with Gasteiger partial charge >= 0.3 is 0 Å². The molecule has 0 saturated heterocycles. The van der Waals surface area contributed by atoms with Crippen molar-refractivity contribution in [2.45, 2.75) is 40.2 Å². The van der Waals surface area contributed by atoms with Gasteiger partial charge < -0.3 is 5.32 Å². The van der Waals surface area contributed by atoms with Gasteiger partial charge in [-0.2, -0.15) is 5.10 Å². The Morgan fingerprint density at radius 2 is 2.00 bits per heavy atom. The highest BCUT2D eigenvalue weighted by Crippen LogP contribution is 2.19. The van der Waals surface area contributed by atoms with Crippen LogP contribution in [-0.4, -0.2) is 19.7 Å². The number of anilines is 1. The molecule has 0 saturated carbocycles. The molecule has 2 aromatic heterocycles. The second-order valence-corrected chi connectivity index (χ2v) is 6.03. The first kappa shape index (κ1) is 15.0. The summed E-state index contributed by atoms with van der Waals surface area (Å²) in [5, 5.41) is 7.78. The van der Waals surface area contributed by atoms with Gasteiger partial charge in [-0.15, -0.1) is 0 Å². The maximum Gasteiger partial charge on any atom is 0.134 e. The third-order valence-corrected chi connectivity index (χ3v) is 3.74. The molecule has 0 aliphatic carbocycles. The van der Waals surface area contributed by atoms with E-state index in [1.165, 1.54) is 11.3 Å². The zero-order chi connectivity index (χ0) is 14.9. The third-order valence-electron chi connectivity index (χ3n) is 3.33. The Kier molecular flexibility index (Phi) is 4.42. The van der Waals surface area contributed by atoms with E-state index in [1.807, 2.05) is 24.7 Å². The van der Waals surface area contributed by atoms with E-state index < -0.39 is 0 Å². The van der Waals surface area contributed by atoms with Gasteiger partial charge in [-0.05, 0) is 29.8 Å². The van der Waals surface area contributed by atoms with Crippen molar-refractivity contribution < 1.29 is 0 Å². The molecule has 0 spiro atoms. The van der Waals surface area contributed by atoms with Gasteiger partial charge in [0.2, 0.25) is 0 Å². The number of aryl methyl sites for hydroxylation is 2. The number of hydrogen-bond acceptors (Lipinski definition) is 4. The lowest BCUT2D eigenvalue weighted by atomic mass is 10.2. The molecular weight excluding hydrogens is 318 g/mol. The van der Waals surface area contributed by atoms with Crippen LogP contribution in [0, 0.1) is 13.8 Å². The van der Waals surface area contributed by atoms with Gasteiger partial charge in [0.25, 0.3) is 0 Å². The third kappa shape index (κ3) is 3.17. The molecule has 0 atom stereocenters. The minimum atomic E-state index is 0.301. The fourth-order valence-corrected chi connectivity index (χ4v) is 2.43. The van der Waals surface area contributed by atoms with Crippen molar-refractivity contribution in [3.63, 3.8) is 0 Å². The fourth-order valence-electron chi connectivity index (χ4n) is 2.04. The van der Waals surface area contributed by atoms with Crippen LogP contribution >= 0.6 is 15.9 Å². The molecule has 108 valence electrons. The molecule has 0 aliphatic rings. The maximum absolute atomic E-state index is 4.53. The van der Waals surface area contributed by atoms with E-state index in [2.05, 4.69) is 57.1 Å². The molecular formula is C14H20BrN5. The Balaban J connectivity index is 2.18. The van der Waals surface area contributed by atoms with Crippen LogP contribution in [0.4, 0.5) is 5.82 Å². The largest absolute Gasteiger partial charge is 0.366 e. The number of aromatic nitrogens is 4. The lowest BCUT2D eigenvalue weighted by Crippen LogP contribution is -2.07. The smallest absolute Gasteiger partial charge is 0.134 e. The molecule has 0 fully saturated rings. The number of rotatable bonds is 4. The summed E-state index contributed by atoms with van der Waals surface area (Å²) in [5.74, 6) is 1.97. The summed E-state index contributed by atoms with van der Waals surface area (Å²) in [6.07, 6.45) is 0. The zero-order valence-electron chi connectivity index (χ0n) is 12.5. The Morgan fingerprint density at radius 1 is 1.30 bits per heavy atom. The highest BCUT2D eigenvalue weighted by molar-refractivity contribution is 9.10. The van der Waals surface area contributed by atoms with E-state index in [0.717, 1.165) is 21.9 Å². The highest BCUT2D eigenvalue weighted by atomic mass is 79.9. The molecule has 0 bridgehead atoms. The van der Waals surface area contributed by atoms with Crippen LogP contribution in [0.2, 0.25) is 0 Å². The van der Waals surface area contributed by atoms with Crippen molar-refractivity contribution in [1.29, 1.82) is 0 Å². The molecule has 5 nitrogen and oxygen atoms in total. The lowest BCUT2D eigenvalue weighted by molar-refractivity contribution is 0.730. The molecule has 0 unspecified atom stereocenters. The van der Waals surface area contributed by atoms with Crippen molar-refractivity contribution in [2.24, 2.45) is 7.05 Å². The van der Waals surface area contributed by atoms with Gasteiger partial charge in [-0.3, -0.25) is 4.68 Å². The summed E-state index contributed by atoms with van der Waals surface area (Å²) >= 11 is 3.43. The standard InChI is InChI=1S/C14H20BrN5/c1-8(2)14-17-12(15)6-13(18-14)16-7-11-9(3)19-20(5)10(11)4/h6,8H,7H2,1-5H3,(H,16,17,18). The van der Waals surface area contributed by atoms with E-state index in [9.17, 15) is 0 Å². The first-order valence-electron chi connectivity index (χ1n) is 6.66. The minimum absolute atomic E-state index is 0.301. The predicted octanol–water partition coefficient (Wildman–Crippen LogP) is 3.32. The molecule has 6 heteroatoms. The Bertz CT molecular complexity index is 618. The number of halogens is 1. The SMILES string of the molecule is Cc1nn(C)c(C)c1CNc1cc(Br)nc(C(C)C)n1. The average molecular weight is 338 g/mol. The molecule has 2 rings (SSSR count). The van der Waals surface area contributed by atoms with E-state index in [-0.39, 0.29) is 0 Å². The van der Waals surface area contributed by atoms with E-state index in [1.54, 1.807) is 0 Å². The number of nitrogens with zero attached hydrogens (tertiary/aromatic N) is 4. The molecule has 0 aromatic carbocycles. The van der Waals surface area contributed by atoms with Gasteiger partial charge in [0.05, 0.1) is 5.69 Å². The normalized spacial score (nSPS) is 11.2. The van der Waals surface area contributed by atoms with Gasteiger partial charge in [0.15, 0.2) is 0 Å². The van der Waals surface area contributed by atoms with Crippen LogP contribution in [0.5, 0.6) is 0 Å². The molecule has 1 N–H and O–H groups in total. The molecule has 0 amide bonds. The van der Waals surface area contributed by atoms with Gasteiger partial charge in [0.1, 0.15) is 16.2 Å². The van der Waals surface area contributed by atoms with Gasteiger partial charge in [-0.1, -0.05) is 13.8 Å². The monoisotopic (exact) mass is 337 g/mol. The molecule has 20 heavy (non-hydrogen) atoms. The highest BCUT2D eigenvalue weighted by Gasteiger charge is 2.11. The Labute approximate surface area is 128 Å². The van der Waals surface area contributed by atoms with E-state index in [4.69, 9.17) is 0 Å². The van der Waals surface area contributed by atoms with Crippen LogP contribution in [0.1, 0.15) is 42.5 Å². The van der Waals surface area contributed by atoms with Crippen LogP contribution in [0.3, 0.4) is 0 Å². The Morgan fingerprint density at radius 3 is 2.55 bits per heavy atom. The summed E-state index contributed by atoms with van der Waals surface area (Å²) in [6.45, 7) is 8.99. The Hall–Kier alpha value is -1.43. The van der Waals surface area contributed by atoms with Crippen molar-refractivity contribution in [3.8, 4) is 0 Å². The first-order chi connectivity index (χ1) is 9.38. The van der Waals surface area contributed by atoms with Crippen LogP contribution in [0.15, 0.2) is 10.7 Å². The maximum atomic E-state index is 4.53. The van der Waals surface area contributed by atoms with Gasteiger partial charge in [0, 0.05) is 36.8 Å². The summed E-state index contributed by atoms with van der Waals surface area (Å²) in [6, 6.07) is 1.90. The zero-order valence-corrected chi connectivity index (χ0v) is 14.1. The summed E-state index contributed by atoms with van der Waals surface area (Å²) in [7, 11) is 1.96. The van der Waals surface area contributed by atoms with Crippen molar-refractivity contribution >= 4 is 21.7 Å². The topological polar surface area (TPSA) is 55.6 Å². The van der Waals surface area contributed by atoms with Gasteiger partial charge in [-0.25, -0.2) is 9.97 Å². The molecule has 2 heterocycles. The van der Waals surface area contributed by atoms with Crippen molar-refractivity contribution in [1.82, 2.24) is 19.7 Å². The quantitative estimate of drug-likeness (QED) is 0.869. The first-order valence-corrected chi connectivity index (χ1v) is 7.45. The van der Waals surface area contributed by atoms with Crippen molar-refractivity contribution in [3.05, 3.63) is 33.4 Å². The van der Waals surface area contributed by atoms with Crippen molar-refractivity contribution in [2.75, 3.05) is 5.32 Å².